The lowest BCUT2D eigenvalue weighted by molar-refractivity contribution is -0.125. The highest BCUT2D eigenvalue weighted by Gasteiger charge is 2.39. The number of nitrogens with zero attached hydrogens (tertiary/aromatic N) is 1. The SMILES string of the molecule is O=C1CNC(=O)N1CC1(CS)CCCC1. The van der Waals surface area contributed by atoms with Crippen molar-refractivity contribution in [3.63, 3.8) is 0 Å². The van der Waals surface area contributed by atoms with Crippen LogP contribution in [0.4, 0.5) is 4.79 Å². The fraction of sp³-hybridized carbons (Fsp3) is 0.800. The molecule has 1 saturated carbocycles. The topological polar surface area (TPSA) is 49.4 Å². The molecule has 1 aliphatic heterocycles. The summed E-state index contributed by atoms with van der Waals surface area (Å²) in [5.74, 6) is 0.650. The molecule has 2 rings (SSSR count). The molecule has 1 aliphatic carbocycles. The summed E-state index contributed by atoms with van der Waals surface area (Å²) in [5.41, 5.74) is 0.0699. The van der Waals surface area contributed by atoms with Crippen molar-refractivity contribution in [2.45, 2.75) is 25.7 Å². The van der Waals surface area contributed by atoms with Gasteiger partial charge in [-0.1, -0.05) is 12.8 Å². The maximum atomic E-state index is 11.4. The van der Waals surface area contributed by atoms with Crippen LogP contribution >= 0.6 is 12.6 Å². The number of carbonyl (C=O) groups excluding carboxylic acids is 2. The number of urea groups is 1. The minimum Gasteiger partial charge on any atom is -0.329 e. The van der Waals surface area contributed by atoms with Gasteiger partial charge >= 0.3 is 6.03 Å². The predicted molar refractivity (Wildman–Crippen MR) is 59.9 cm³/mol. The number of carbonyl (C=O) groups is 2. The van der Waals surface area contributed by atoms with E-state index in [1.165, 1.54) is 17.7 Å². The van der Waals surface area contributed by atoms with Crippen molar-refractivity contribution in [2.24, 2.45) is 5.41 Å². The molecule has 2 aliphatic rings. The summed E-state index contributed by atoms with van der Waals surface area (Å²) in [7, 11) is 0. The van der Waals surface area contributed by atoms with E-state index in [1.54, 1.807) is 0 Å². The van der Waals surface area contributed by atoms with Gasteiger partial charge in [-0.05, 0) is 24.0 Å². The summed E-state index contributed by atoms with van der Waals surface area (Å²) in [5, 5.41) is 2.55. The van der Waals surface area contributed by atoms with E-state index >= 15 is 0 Å². The molecule has 0 aromatic heterocycles. The minimum atomic E-state index is -0.243. The number of nitrogens with one attached hydrogen (secondary N) is 1. The molecule has 2 fully saturated rings. The number of hydrogen-bond donors (Lipinski definition) is 2. The standard InChI is InChI=1S/C10H16N2O2S/c13-8-5-11-9(14)12(8)6-10(7-15)3-1-2-4-10/h15H,1-7H2,(H,11,14). The third kappa shape index (κ3) is 1.97. The van der Waals surface area contributed by atoms with Crippen LogP contribution in [0.15, 0.2) is 0 Å². The second-order valence-corrected chi connectivity index (χ2v) is 4.82. The Kier molecular flexibility index (Phi) is 2.91. The van der Waals surface area contributed by atoms with Crippen molar-refractivity contribution < 1.29 is 9.59 Å². The number of amides is 3. The monoisotopic (exact) mass is 228 g/mol. The Hall–Kier alpha value is -0.710. The van der Waals surface area contributed by atoms with E-state index in [-0.39, 0.29) is 23.9 Å². The fourth-order valence-corrected chi connectivity index (χ4v) is 2.86. The van der Waals surface area contributed by atoms with Crippen LogP contribution < -0.4 is 5.32 Å². The second kappa shape index (κ2) is 4.04. The molecular formula is C10H16N2O2S. The fourth-order valence-electron chi connectivity index (χ4n) is 2.44. The van der Waals surface area contributed by atoms with Crippen molar-refractivity contribution in [2.75, 3.05) is 18.8 Å². The predicted octanol–water partition coefficient (Wildman–Crippen LogP) is 1.03. The molecule has 3 amide bonds. The Morgan fingerprint density at radius 3 is 2.47 bits per heavy atom. The Balaban J connectivity index is 2.06. The van der Waals surface area contributed by atoms with E-state index in [0.717, 1.165) is 18.6 Å². The van der Waals surface area contributed by atoms with Gasteiger partial charge < -0.3 is 5.32 Å². The largest absolute Gasteiger partial charge is 0.329 e. The Labute approximate surface area is 94.8 Å². The maximum Gasteiger partial charge on any atom is 0.324 e. The molecule has 0 bridgehead atoms. The zero-order valence-corrected chi connectivity index (χ0v) is 9.56. The van der Waals surface area contributed by atoms with Gasteiger partial charge in [-0.15, -0.1) is 0 Å². The molecule has 5 heteroatoms. The number of rotatable bonds is 3. The van der Waals surface area contributed by atoms with Crippen LogP contribution in [0.5, 0.6) is 0 Å². The van der Waals surface area contributed by atoms with Crippen molar-refractivity contribution in [3.8, 4) is 0 Å². The molecule has 1 N–H and O–H groups in total. The van der Waals surface area contributed by atoms with Gasteiger partial charge in [0, 0.05) is 6.54 Å². The van der Waals surface area contributed by atoms with Crippen LogP contribution in [0, 0.1) is 5.41 Å². The lowest BCUT2D eigenvalue weighted by Crippen LogP contribution is -2.41. The van der Waals surface area contributed by atoms with Gasteiger partial charge in [0.1, 0.15) is 0 Å². The quantitative estimate of drug-likeness (QED) is 0.560. The first-order chi connectivity index (χ1) is 7.17. The molecule has 1 saturated heterocycles. The minimum absolute atomic E-state index is 0.0699. The van der Waals surface area contributed by atoms with Gasteiger partial charge in [-0.25, -0.2) is 4.79 Å². The summed E-state index contributed by atoms with van der Waals surface area (Å²) >= 11 is 4.36. The van der Waals surface area contributed by atoms with Crippen LogP contribution in [0.1, 0.15) is 25.7 Å². The summed E-state index contributed by atoms with van der Waals surface area (Å²) in [6.45, 7) is 0.697. The number of thiol groups is 1. The first kappa shape index (κ1) is 10.8. The second-order valence-electron chi connectivity index (χ2n) is 4.50. The molecule has 0 aromatic carbocycles. The molecule has 0 atom stereocenters. The summed E-state index contributed by atoms with van der Waals surface area (Å²) in [6.07, 6.45) is 4.52. The Morgan fingerprint density at radius 2 is 2.00 bits per heavy atom. The van der Waals surface area contributed by atoms with E-state index in [1.807, 2.05) is 0 Å². The first-order valence-corrected chi connectivity index (χ1v) is 5.99. The molecular weight excluding hydrogens is 212 g/mol. The van der Waals surface area contributed by atoms with E-state index < -0.39 is 0 Å². The molecule has 15 heavy (non-hydrogen) atoms. The highest BCUT2D eigenvalue weighted by Crippen LogP contribution is 2.39. The lowest BCUT2D eigenvalue weighted by atomic mass is 9.88. The summed E-state index contributed by atoms with van der Waals surface area (Å²) in [6, 6.07) is -0.243. The van der Waals surface area contributed by atoms with Gasteiger partial charge in [0.05, 0.1) is 6.54 Å². The molecule has 0 radical (unpaired) electrons. The van der Waals surface area contributed by atoms with Crippen LogP contribution in [0.2, 0.25) is 0 Å². The van der Waals surface area contributed by atoms with E-state index in [4.69, 9.17) is 0 Å². The Bertz CT molecular complexity index is 271. The van der Waals surface area contributed by atoms with Crippen molar-refractivity contribution in [3.05, 3.63) is 0 Å². The maximum absolute atomic E-state index is 11.4. The van der Waals surface area contributed by atoms with Crippen LogP contribution in [-0.4, -0.2) is 35.7 Å². The van der Waals surface area contributed by atoms with Crippen molar-refractivity contribution in [1.82, 2.24) is 10.2 Å². The molecule has 1 heterocycles. The molecule has 0 aromatic rings. The third-order valence-corrected chi connectivity index (χ3v) is 4.10. The highest BCUT2D eigenvalue weighted by molar-refractivity contribution is 7.80. The highest BCUT2D eigenvalue weighted by atomic mass is 32.1. The van der Waals surface area contributed by atoms with Crippen molar-refractivity contribution in [1.29, 1.82) is 0 Å². The molecule has 0 unspecified atom stereocenters. The zero-order chi connectivity index (χ0) is 10.9. The third-order valence-electron chi connectivity index (χ3n) is 3.43. The molecule has 84 valence electrons. The normalized spacial score (nSPS) is 24.7. The van der Waals surface area contributed by atoms with Gasteiger partial charge in [0.25, 0.3) is 0 Å². The number of imide groups is 1. The van der Waals surface area contributed by atoms with Gasteiger partial charge in [-0.3, -0.25) is 9.69 Å². The zero-order valence-electron chi connectivity index (χ0n) is 8.66. The van der Waals surface area contributed by atoms with Crippen LogP contribution in [-0.2, 0) is 4.79 Å². The smallest absolute Gasteiger partial charge is 0.324 e. The average Bonchev–Trinajstić information content (AvgIpc) is 2.81. The summed E-state index contributed by atoms with van der Waals surface area (Å²) < 4.78 is 0. The van der Waals surface area contributed by atoms with Crippen molar-refractivity contribution >= 4 is 24.6 Å². The first-order valence-electron chi connectivity index (χ1n) is 5.36. The van der Waals surface area contributed by atoms with Gasteiger partial charge in [0.2, 0.25) is 5.91 Å². The van der Waals surface area contributed by atoms with E-state index in [0.29, 0.717) is 6.54 Å². The lowest BCUT2D eigenvalue weighted by Gasteiger charge is -2.30. The van der Waals surface area contributed by atoms with E-state index in [2.05, 4.69) is 17.9 Å². The summed E-state index contributed by atoms with van der Waals surface area (Å²) in [4.78, 5) is 24.2. The van der Waals surface area contributed by atoms with E-state index in [9.17, 15) is 9.59 Å². The Morgan fingerprint density at radius 1 is 1.33 bits per heavy atom. The molecule has 0 spiro atoms. The van der Waals surface area contributed by atoms with Crippen LogP contribution in [0.25, 0.3) is 0 Å². The van der Waals surface area contributed by atoms with Crippen LogP contribution in [0.3, 0.4) is 0 Å². The van der Waals surface area contributed by atoms with Gasteiger partial charge in [-0.2, -0.15) is 12.6 Å². The average molecular weight is 228 g/mol. The molecule has 4 nitrogen and oxygen atoms in total. The van der Waals surface area contributed by atoms with Gasteiger partial charge in [0.15, 0.2) is 0 Å². The number of hydrogen-bond acceptors (Lipinski definition) is 3.